The summed E-state index contributed by atoms with van der Waals surface area (Å²) >= 11 is 0. The quantitative estimate of drug-likeness (QED) is 0.221. The lowest BCUT2D eigenvalue weighted by atomic mass is 10.0. The molecule has 33 heavy (non-hydrogen) atoms. The third-order valence-electron chi connectivity index (χ3n) is 6.18. The molecule has 3 heteroatoms. The average Bonchev–Trinajstić information content (AvgIpc) is 2.87. The zero-order chi connectivity index (χ0) is 23.1. The van der Waals surface area contributed by atoms with E-state index in [4.69, 9.17) is 4.74 Å². The van der Waals surface area contributed by atoms with Gasteiger partial charge in [-0.2, -0.15) is 0 Å². The molecule has 0 aliphatic rings. The highest BCUT2D eigenvalue weighted by atomic mass is 16.5. The molecule has 0 atom stereocenters. The van der Waals surface area contributed by atoms with Gasteiger partial charge in [-0.1, -0.05) is 107 Å². The fourth-order valence-corrected chi connectivity index (χ4v) is 4.03. The summed E-state index contributed by atoms with van der Waals surface area (Å²) < 4.78 is 5.85. The molecule has 0 saturated carbocycles. The molecular formula is C30H40N2O. The molecule has 3 aromatic rings. The smallest absolute Gasteiger partial charge is 0.232 e. The Hall–Kier alpha value is -2.68. The van der Waals surface area contributed by atoms with E-state index in [1.165, 1.54) is 68.9 Å². The SMILES string of the molecule is CCCCCCCc1ccc(-c2cnc(OCc3ccc(CCCCCC)cc3)cn2)cc1. The standard InChI is InChI=1S/C30H40N2O/c1-3-5-7-9-11-13-26-18-20-28(21-19-26)29-22-32-30(23-31-29)33-24-27-16-14-25(15-17-27)12-10-8-6-4-2/h14-23H,3-13,24H2,1-2H3. The number of unbranched alkanes of at least 4 members (excludes halogenated alkanes) is 7. The maximum Gasteiger partial charge on any atom is 0.232 e. The number of nitrogens with zero attached hydrogens (tertiary/aromatic N) is 2. The minimum absolute atomic E-state index is 0.511. The Labute approximate surface area is 200 Å². The second kappa shape index (κ2) is 14.5. The maximum absolute atomic E-state index is 5.85. The molecule has 1 aromatic heterocycles. The normalized spacial score (nSPS) is 11.0. The maximum atomic E-state index is 5.85. The number of rotatable bonds is 15. The zero-order valence-electron chi connectivity index (χ0n) is 20.6. The lowest BCUT2D eigenvalue weighted by Crippen LogP contribution is -1.99. The van der Waals surface area contributed by atoms with Gasteiger partial charge < -0.3 is 4.74 Å². The lowest BCUT2D eigenvalue weighted by Gasteiger charge is -2.08. The Bertz CT molecular complexity index is 902. The van der Waals surface area contributed by atoms with Gasteiger partial charge >= 0.3 is 0 Å². The van der Waals surface area contributed by atoms with Crippen molar-refractivity contribution in [3.8, 4) is 17.1 Å². The van der Waals surface area contributed by atoms with Gasteiger partial charge in [-0.15, -0.1) is 0 Å². The summed E-state index contributed by atoms with van der Waals surface area (Å²) in [6.07, 6.45) is 17.6. The summed E-state index contributed by atoms with van der Waals surface area (Å²) in [5.74, 6) is 0.561. The molecule has 3 nitrogen and oxygen atoms in total. The highest BCUT2D eigenvalue weighted by molar-refractivity contribution is 5.58. The molecule has 0 bridgehead atoms. The van der Waals surface area contributed by atoms with Gasteiger partial charge in [0.15, 0.2) is 0 Å². The van der Waals surface area contributed by atoms with Crippen LogP contribution in [0.2, 0.25) is 0 Å². The summed E-state index contributed by atoms with van der Waals surface area (Å²) in [6.45, 7) is 5.02. The number of aromatic nitrogens is 2. The summed E-state index contributed by atoms with van der Waals surface area (Å²) in [4.78, 5) is 9.02. The van der Waals surface area contributed by atoms with E-state index in [1.807, 2.05) is 0 Å². The van der Waals surface area contributed by atoms with Crippen LogP contribution in [0, 0.1) is 0 Å². The predicted octanol–water partition coefficient (Wildman–Crippen LogP) is 8.36. The van der Waals surface area contributed by atoms with Crippen molar-refractivity contribution in [1.82, 2.24) is 9.97 Å². The van der Waals surface area contributed by atoms with Crippen LogP contribution in [-0.4, -0.2) is 9.97 Å². The van der Waals surface area contributed by atoms with Crippen LogP contribution in [0.15, 0.2) is 60.9 Å². The van der Waals surface area contributed by atoms with Gasteiger partial charge in [0.05, 0.1) is 18.1 Å². The minimum Gasteiger partial charge on any atom is -0.472 e. The summed E-state index contributed by atoms with van der Waals surface area (Å²) in [5, 5.41) is 0. The first-order valence-electron chi connectivity index (χ1n) is 12.9. The van der Waals surface area contributed by atoms with E-state index in [1.54, 1.807) is 12.4 Å². The largest absolute Gasteiger partial charge is 0.472 e. The Morgan fingerprint density at radius 3 is 1.70 bits per heavy atom. The van der Waals surface area contributed by atoms with E-state index in [2.05, 4.69) is 72.3 Å². The van der Waals surface area contributed by atoms with Crippen LogP contribution in [-0.2, 0) is 19.4 Å². The molecule has 3 rings (SSSR count). The number of aryl methyl sites for hydroxylation is 2. The van der Waals surface area contributed by atoms with Crippen molar-refractivity contribution in [2.45, 2.75) is 91.1 Å². The molecule has 0 spiro atoms. The van der Waals surface area contributed by atoms with Crippen molar-refractivity contribution in [2.24, 2.45) is 0 Å². The molecule has 0 unspecified atom stereocenters. The van der Waals surface area contributed by atoms with Crippen LogP contribution < -0.4 is 4.74 Å². The van der Waals surface area contributed by atoms with E-state index in [0.717, 1.165) is 29.7 Å². The predicted molar refractivity (Wildman–Crippen MR) is 139 cm³/mol. The molecule has 0 amide bonds. The highest BCUT2D eigenvalue weighted by Crippen LogP contribution is 2.20. The molecule has 1 heterocycles. The summed E-state index contributed by atoms with van der Waals surface area (Å²) in [7, 11) is 0. The van der Waals surface area contributed by atoms with Crippen LogP contribution in [0.3, 0.4) is 0 Å². The molecule has 0 radical (unpaired) electrons. The number of benzene rings is 2. The third kappa shape index (κ3) is 9.00. The molecule has 0 fully saturated rings. The molecule has 0 aliphatic heterocycles. The van der Waals surface area contributed by atoms with Crippen molar-refractivity contribution in [3.05, 3.63) is 77.6 Å². The Morgan fingerprint density at radius 2 is 1.12 bits per heavy atom. The zero-order valence-corrected chi connectivity index (χ0v) is 20.6. The first-order chi connectivity index (χ1) is 16.3. The van der Waals surface area contributed by atoms with Gasteiger partial charge in [0.2, 0.25) is 5.88 Å². The minimum atomic E-state index is 0.511. The fourth-order valence-electron chi connectivity index (χ4n) is 4.03. The summed E-state index contributed by atoms with van der Waals surface area (Å²) in [5.41, 5.74) is 5.93. The third-order valence-corrected chi connectivity index (χ3v) is 6.18. The molecule has 0 N–H and O–H groups in total. The van der Waals surface area contributed by atoms with Gasteiger partial charge in [0.1, 0.15) is 6.61 Å². The second-order valence-electron chi connectivity index (χ2n) is 9.02. The first kappa shape index (κ1) is 25.0. The van der Waals surface area contributed by atoms with Gasteiger partial charge in [-0.25, -0.2) is 9.97 Å². The van der Waals surface area contributed by atoms with Crippen LogP contribution in [0.1, 0.15) is 88.3 Å². The molecular weight excluding hydrogens is 404 g/mol. The lowest BCUT2D eigenvalue weighted by molar-refractivity contribution is 0.292. The topological polar surface area (TPSA) is 35.0 Å². The van der Waals surface area contributed by atoms with Crippen LogP contribution in [0.4, 0.5) is 0 Å². The van der Waals surface area contributed by atoms with E-state index >= 15 is 0 Å². The van der Waals surface area contributed by atoms with Crippen molar-refractivity contribution < 1.29 is 4.74 Å². The molecule has 0 saturated heterocycles. The molecule has 176 valence electrons. The summed E-state index contributed by atoms with van der Waals surface area (Å²) in [6, 6.07) is 17.5. The van der Waals surface area contributed by atoms with Crippen LogP contribution >= 0.6 is 0 Å². The van der Waals surface area contributed by atoms with E-state index < -0.39 is 0 Å². The highest BCUT2D eigenvalue weighted by Gasteiger charge is 2.04. The van der Waals surface area contributed by atoms with Gasteiger partial charge in [0.25, 0.3) is 0 Å². The number of ether oxygens (including phenoxy) is 1. The van der Waals surface area contributed by atoms with Gasteiger partial charge in [0, 0.05) is 5.56 Å². The van der Waals surface area contributed by atoms with Crippen molar-refractivity contribution in [3.63, 3.8) is 0 Å². The number of hydrogen-bond acceptors (Lipinski definition) is 3. The fraction of sp³-hybridized carbons (Fsp3) is 0.467. The molecule has 0 aliphatic carbocycles. The van der Waals surface area contributed by atoms with Crippen LogP contribution in [0.25, 0.3) is 11.3 Å². The average molecular weight is 445 g/mol. The Kier molecular flexibility index (Phi) is 10.9. The van der Waals surface area contributed by atoms with E-state index in [-0.39, 0.29) is 0 Å². The monoisotopic (exact) mass is 444 g/mol. The Balaban J connectivity index is 1.43. The van der Waals surface area contributed by atoms with Crippen molar-refractivity contribution in [2.75, 3.05) is 0 Å². The van der Waals surface area contributed by atoms with Gasteiger partial charge in [-0.05, 0) is 42.4 Å². The Morgan fingerprint density at radius 1 is 0.576 bits per heavy atom. The second-order valence-corrected chi connectivity index (χ2v) is 9.02. The van der Waals surface area contributed by atoms with Crippen molar-refractivity contribution in [1.29, 1.82) is 0 Å². The molecule has 2 aromatic carbocycles. The first-order valence-corrected chi connectivity index (χ1v) is 12.9. The van der Waals surface area contributed by atoms with Crippen molar-refractivity contribution >= 4 is 0 Å². The van der Waals surface area contributed by atoms with Crippen LogP contribution in [0.5, 0.6) is 5.88 Å². The number of hydrogen-bond donors (Lipinski definition) is 0. The van der Waals surface area contributed by atoms with Gasteiger partial charge in [-0.3, -0.25) is 0 Å². The van der Waals surface area contributed by atoms with E-state index in [0.29, 0.717) is 12.5 Å². The van der Waals surface area contributed by atoms with E-state index in [9.17, 15) is 0 Å².